The van der Waals surface area contributed by atoms with Crippen molar-refractivity contribution in [3.8, 4) is 0 Å². The maximum absolute atomic E-state index is 14.6. The second kappa shape index (κ2) is 5.08. The fraction of sp³-hybridized carbons (Fsp3) is 0.529. The van der Waals surface area contributed by atoms with Crippen LogP contribution in [0.15, 0.2) is 36.1 Å². The number of halogens is 4. The van der Waals surface area contributed by atoms with Crippen LogP contribution in [-0.4, -0.2) is 24.2 Å². The first-order chi connectivity index (χ1) is 10.9. The number of hydrogen-bond donors (Lipinski definition) is 0. The minimum absolute atomic E-state index is 0.221. The quantitative estimate of drug-likeness (QED) is 0.591. The molecule has 1 aliphatic carbocycles. The molecule has 2 fully saturated rings. The Morgan fingerprint density at radius 1 is 1.08 bits per heavy atom. The van der Waals surface area contributed by atoms with Crippen molar-refractivity contribution >= 4 is 7.12 Å². The molecule has 0 spiro atoms. The first-order valence-electron chi connectivity index (χ1n) is 7.79. The molecule has 1 atom stereocenters. The fourth-order valence-electron chi connectivity index (χ4n) is 2.91. The van der Waals surface area contributed by atoms with Gasteiger partial charge in [0.25, 0.3) is 5.92 Å². The smallest absolute Gasteiger partial charge is 0.398 e. The molecule has 3 rings (SSSR count). The summed E-state index contributed by atoms with van der Waals surface area (Å²) in [6, 6.07) is 5.20. The van der Waals surface area contributed by atoms with Crippen molar-refractivity contribution in [3.05, 3.63) is 47.4 Å². The van der Waals surface area contributed by atoms with Gasteiger partial charge in [0.05, 0.1) is 16.6 Å². The summed E-state index contributed by atoms with van der Waals surface area (Å²) in [6.45, 7) is 6.94. The summed E-state index contributed by atoms with van der Waals surface area (Å²) in [4.78, 5) is 0. The summed E-state index contributed by atoms with van der Waals surface area (Å²) in [5.41, 5.74) is -4.76. The zero-order valence-corrected chi connectivity index (χ0v) is 14.0. The van der Waals surface area contributed by atoms with Gasteiger partial charge in [0.15, 0.2) is 0 Å². The zero-order valence-electron chi connectivity index (χ0n) is 14.0. The van der Waals surface area contributed by atoms with Crippen LogP contribution in [0.25, 0.3) is 0 Å². The molecule has 0 aromatic heterocycles. The van der Waals surface area contributed by atoms with Crippen molar-refractivity contribution in [2.45, 2.75) is 56.7 Å². The maximum atomic E-state index is 14.6. The first-order valence-corrected chi connectivity index (χ1v) is 7.79. The minimum Gasteiger partial charge on any atom is -0.398 e. The van der Waals surface area contributed by atoms with E-state index >= 15 is 0 Å². The Bertz CT molecular complexity index is 686. The van der Waals surface area contributed by atoms with E-state index in [0.29, 0.717) is 0 Å². The molecule has 1 aromatic rings. The molecule has 1 aromatic carbocycles. The maximum Gasteiger partial charge on any atom is 0.524 e. The van der Waals surface area contributed by atoms with Gasteiger partial charge in [0, 0.05) is 12.0 Å². The number of alkyl halides is 2. The molecule has 1 saturated carbocycles. The van der Waals surface area contributed by atoms with E-state index in [0.717, 1.165) is 12.1 Å². The SMILES string of the molecule is CC1(C)OB(C(F)=CC2(c3ccccc3F)CC2(F)F)OC1(C)C. The Morgan fingerprint density at radius 3 is 2.04 bits per heavy atom. The molecule has 2 nitrogen and oxygen atoms in total. The average molecular weight is 342 g/mol. The van der Waals surface area contributed by atoms with E-state index in [9.17, 15) is 17.6 Å². The molecule has 7 heteroatoms. The van der Waals surface area contributed by atoms with Crippen LogP contribution in [-0.2, 0) is 14.7 Å². The molecule has 24 heavy (non-hydrogen) atoms. The van der Waals surface area contributed by atoms with Crippen molar-refractivity contribution < 1.29 is 26.9 Å². The third kappa shape index (κ3) is 2.49. The van der Waals surface area contributed by atoms with Gasteiger partial charge in [0.2, 0.25) is 0 Å². The highest BCUT2D eigenvalue weighted by Gasteiger charge is 2.72. The van der Waals surface area contributed by atoms with Gasteiger partial charge in [-0.15, -0.1) is 0 Å². The van der Waals surface area contributed by atoms with Crippen LogP contribution in [0.5, 0.6) is 0 Å². The van der Waals surface area contributed by atoms with Crippen LogP contribution in [0.1, 0.15) is 39.7 Å². The number of hydrogen-bond acceptors (Lipinski definition) is 2. The molecule has 1 aliphatic heterocycles. The Balaban J connectivity index is 1.96. The van der Waals surface area contributed by atoms with Gasteiger partial charge in [-0.05, 0) is 39.8 Å². The Morgan fingerprint density at radius 2 is 1.58 bits per heavy atom. The topological polar surface area (TPSA) is 18.5 Å². The predicted octanol–water partition coefficient (Wildman–Crippen LogP) is 4.59. The molecule has 2 aliphatic rings. The number of benzene rings is 1. The van der Waals surface area contributed by atoms with Crippen LogP contribution in [0.4, 0.5) is 17.6 Å². The lowest BCUT2D eigenvalue weighted by atomic mass is 9.82. The fourth-order valence-corrected chi connectivity index (χ4v) is 2.91. The lowest BCUT2D eigenvalue weighted by molar-refractivity contribution is 0.00578. The monoisotopic (exact) mass is 342 g/mol. The van der Waals surface area contributed by atoms with Crippen LogP contribution >= 0.6 is 0 Å². The second-order valence-electron chi connectivity index (χ2n) is 7.45. The third-order valence-corrected chi connectivity index (χ3v) is 5.25. The highest BCUT2D eigenvalue weighted by molar-refractivity contribution is 6.53. The minimum atomic E-state index is -3.21. The lowest BCUT2D eigenvalue weighted by Gasteiger charge is -2.32. The largest absolute Gasteiger partial charge is 0.524 e. The molecular formula is C17H19BF4O2. The van der Waals surface area contributed by atoms with E-state index in [1.807, 2.05) is 0 Å². The number of rotatable bonds is 3. The van der Waals surface area contributed by atoms with Crippen molar-refractivity contribution in [2.24, 2.45) is 0 Å². The van der Waals surface area contributed by atoms with Gasteiger partial charge in [-0.1, -0.05) is 18.2 Å². The highest BCUT2D eigenvalue weighted by Crippen LogP contribution is 2.63. The summed E-state index contributed by atoms with van der Waals surface area (Å²) >= 11 is 0. The summed E-state index contributed by atoms with van der Waals surface area (Å²) in [5.74, 6) is -4.00. The van der Waals surface area contributed by atoms with Crippen molar-refractivity contribution in [1.82, 2.24) is 0 Å². The predicted molar refractivity (Wildman–Crippen MR) is 82.9 cm³/mol. The summed E-state index contributed by atoms with van der Waals surface area (Å²) in [5, 5.41) is 0. The summed E-state index contributed by atoms with van der Waals surface area (Å²) < 4.78 is 67.7. The average Bonchev–Trinajstić information content (AvgIpc) is 2.90. The van der Waals surface area contributed by atoms with Crippen LogP contribution < -0.4 is 0 Å². The van der Waals surface area contributed by atoms with E-state index in [1.165, 1.54) is 18.2 Å². The summed E-state index contributed by atoms with van der Waals surface area (Å²) in [7, 11) is -1.38. The molecule has 1 heterocycles. The molecule has 0 N–H and O–H groups in total. The molecule has 1 saturated heterocycles. The second-order valence-corrected chi connectivity index (χ2v) is 7.45. The highest BCUT2D eigenvalue weighted by atomic mass is 19.3. The molecular weight excluding hydrogens is 323 g/mol. The molecule has 1 unspecified atom stereocenters. The van der Waals surface area contributed by atoms with Gasteiger partial charge in [-0.3, -0.25) is 0 Å². The van der Waals surface area contributed by atoms with E-state index in [-0.39, 0.29) is 5.56 Å². The van der Waals surface area contributed by atoms with E-state index in [4.69, 9.17) is 9.31 Å². The van der Waals surface area contributed by atoms with Gasteiger partial charge >= 0.3 is 7.12 Å². The molecule has 130 valence electrons. The number of allylic oxidation sites excluding steroid dienone is 1. The van der Waals surface area contributed by atoms with E-state index in [1.54, 1.807) is 27.7 Å². The Labute approximate surface area is 139 Å². The van der Waals surface area contributed by atoms with Crippen molar-refractivity contribution in [1.29, 1.82) is 0 Å². The molecule has 0 radical (unpaired) electrons. The van der Waals surface area contributed by atoms with Crippen molar-refractivity contribution in [2.75, 3.05) is 0 Å². The van der Waals surface area contributed by atoms with Gasteiger partial charge in [0.1, 0.15) is 11.5 Å². The standard InChI is InChI=1S/C17H19BF4O2/c1-14(2)15(3,4)24-18(23-14)13(20)9-16(10-17(16,21)22)11-7-5-6-8-12(11)19/h5-9H,10H2,1-4H3. The summed E-state index contributed by atoms with van der Waals surface area (Å²) in [6.07, 6.45) is 0.113. The molecule has 0 bridgehead atoms. The van der Waals surface area contributed by atoms with Gasteiger partial charge in [-0.25, -0.2) is 17.6 Å². The van der Waals surface area contributed by atoms with Crippen molar-refractivity contribution in [3.63, 3.8) is 0 Å². The van der Waals surface area contributed by atoms with E-state index in [2.05, 4.69) is 0 Å². The Kier molecular flexibility index (Phi) is 3.70. The first kappa shape index (κ1) is 17.5. The van der Waals surface area contributed by atoms with E-state index < -0.39 is 47.6 Å². The third-order valence-electron chi connectivity index (χ3n) is 5.25. The van der Waals surface area contributed by atoms with Crippen LogP contribution in [0, 0.1) is 5.82 Å². The molecule has 0 amide bonds. The van der Waals surface area contributed by atoms with Crippen LogP contribution in [0.3, 0.4) is 0 Å². The van der Waals surface area contributed by atoms with Gasteiger partial charge < -0.3 is 9.31 Å². The lowest BCUT2D eigenvalue weighted by Crippen LogP contribution is -2.41. The van der Waals surface area contributed by atoms with Crippen LogP contribution in [0.2, 0.25) is 0 Å². The zero-order chi connectivity index (χ0) is 18.0. The Hall–Kier alpha value is -1.34. The van der Waals surface area contributed by atoms with Gasteiger partial charge in [-0.2, -0.15) is 0 Å². The normalized spacial score (nSPS) is 30.5.